The Morgan fingerprint density at radius 1 is 1.47 bits per heavy atom. The van der Waals surface area contributed by atoms with Crippen LogP contribution < -0.4 is 0 Å². The second kappa shape index (κ2) is 6.80. The van der Waals surface area contributed by atoms with Gasteiger partial charge in [0.2, 0.25) is 0 Å². The number of esters is 1. The van der Waals surface area contributed by atoms with Crippen LogP contribution in [0.2, 0.25) is 0 Å². The third-order valence-electron chi connectivity index (χ3n) is 2.71. The van der Waals surface area contributed by atoms with Gasteiger partial charge in [-0.15, -0.1) is 0 Å². The summed E-state index contributed by atoms with van der Waals surface area (Å²) in [5.41, 5.74) is 0. The molecule has 0 N–H and O–H groups in total. The predicted octanol–water partition coefficient (Wildman–Crippen LogP) is 1.05. The van der Waals surface area contributed by atoms with Gasteiger partial charge in [-0.2, -0.15) is 0 Å². The molecular formula is C11H21NO3. The third-order valence-corrected chi connectivity index (χ3v) is 2.71. The minimum absolute atomic E-state index is 0.0415. The quantitative estimate of drug-likeness (QED) is 0.490. The Balaban J connectivity index is 2.24. The number of nitrogens with zero attached hydrogens (tertiary/aromatic N) is 1. The van der Waals surface area contributed by atoms with Gasteiger partial charge in [0.1, 0.15) is 6.04 Å². The second-order valence-corrected chi connectivity index (χ2v) is 3.83. The minimum atomic E-state index is -0.108. The molecule has 4 heteroatoms. The highest BCUT2D eigenvalue weighted by molar-refractivity contribution is 5.75. The Morgan fingerprint density at radius 3 is 2.93 bits per heavy atom. The average molecular weight is 215 g/mol. The van der Waals surface area contributed by atoms with Crippen LogP contribution in [0.5, 0.6) is 0 Å². The van der Waals surface area contributed by atoms with Crippen LogP contribution in [0.25, 0.3) is 0 Å². The molecule has 0 amide bonds. The van der Waals surface area contributed by atoms with Crippen LogP contribution in [-0.4, -0.2) is 50.3 Å². The molecule has 4 nitrogen and oxygen atoms in total. The van der Waals surface area contributed by atoms with Gasteiger partial charge < -0.3 is 9.47 Å². The van der Waals surface area contributed by atoms with Crippen molar-refractivity contribution in [2.75, 3.05) is 33.4 Å². The molecule has 0 aromatic rings. The lowest BCUT2D eigenvalue weighted by atomic mass is 10.2. The first-order valence-corrected chi connectivity index (χ1v) is 5.69. The van der Waals surface area contributed by atoms with Crippen LogP contribution in [0.15, 0.2) is 0 Å². The van der Waals surface area contributed by atoms with Crippen molar-refractivity contribution < 1.29 is 14.3 Å². The fraction of sp³-hybridized carbons (Fsp3) is 0.909. The van der Waals surface area contributed by atoms with E-state index < -0.39 is 0 Å². The molecule has 0 bridgehead atoms. The molecule has 0 aromatic heterocycles. The summed E-state index contributed by atoms with van der Waals surface area (Å²) < 4.78 is 10.2. The molecule has 1 aliphatic rings. The SMILES string of the molecule is CCCOCCN1CCCC1C(=O)OC. The average Bonchev–Trinajstić information content (AvgIpc) is 2.71. The summed E-state index contributed by atoms with van der Waals surface area (Å²) >= 11 is 0. The van der Waals surface area contributed by atoms with Gasteiger partial charge in [-0.25, -0.2) is 0 Å². The second-order valence-electron chi connectivity index (χ2n) is 3.83. The molecule has 1 saturated heterocycles. The normalized spacial score (nSPS) is 21.9. The molecular weight excluding hydrogens is 194 g/mol. The Labute approximate surface area is 91.5 Å². The van der Waals surface area contributed by atoms with Gasteiger partial charge >= 0.3 is 5.97 Å². The van der Waals surface area contributed by atoms with Gasteiger partial charge in [-0.3, -0.25) is 9.69 Å². The number of ether oxygens (including phenoxy) is 2. The van der Waals surface area contributed by atoms with Crippen LogP contribution in [0.3, 0.4) is 0 Å². The van der Waals surface area contributed by atoms with Crippen LogP contribution >= 0.6 is 0 Å². The van der Waals surface area contributed by atoms with E-state index in [0.29, 0.717) is 6.61 Å². The van der Waals surface area contributed by atoms with Crippen LogP contribution in [0.1, 0.15) is 26.2 Å². The van der Waals surface area contributed by atoms with Gasteiger partial charge in [-0.1, -0.05) is 6.92 Å². The maximum Gasteiger partial charge on any atom is 0.323 e. The lowest BCUT2D eigenvalue weighted by Crippen LogP contribution is -2.38. The van der Waals surface area contributed by atoms with E-state index in [1.807, 2.05) is 0 Å². The maximum absolute atomic E-state index is 11.4. The molecule has 1 atom stereocenters. The van der Waals surface area contributed by atoms with Crippen LogP contribution in [0.4, 0.5) is 0 Å². The van der Waals surface area contributed by atoms with Crippen molar-refractivity contribution in [3.8, 4) is 0 Å². The van der Waals surface area contributed by atoms with E-state index >= 15 is 0 Å². The summed E-state index contributed by atoms with van der Waals surface area (Å²) in [7, 11) is 1.45. The first-order chi connectivity index (χ1) is 7.29. The molecule has 88 valence electrons. The molecule has 1 heterocycles. The van der Waals surface area contributed by atoms with Gasteiger partial charge in [-0.05, 0) is 25.8 Å². The van der Waals surface area contributed by atoms with E-state index in [0.717, 1.165) is 39.0 Å². The molecule has 0 aromatic carbocycles. The van der Waals surface area contributed by atoms with Crippen molar-refractivity contribution in [2.24, 2.45) is 0 Å². The summed E-state index contributed by atoms with van der Waals surface area (Å²) in [5.74, 6) is -0.108. The molecule has 0 saturated carbocycles. The Bertz CT molecular complexity index is 196. The number of hydrogen-bond acceptors (Lipinski definition) is 4. The first-order valence-electron chi connectivity index (χ1n) is 5.69. The zero-order chi connectivity index (χ0) is 11.1. The molecule has 0 aliphatic carbocycles. The number of methoxy groups -OCH3 is 1. The van der Waals surface area contributed by atoms with E-state index in [-0.39, 0.29) is 12.0 Å². The number of likely N-dealkylation sites (tertiary alicyclic amines) is 1. The maximum atomic E-state index is 11.4. The highest BCUT2D eigenvalue weighted by atomic mass is 16.5. The zero-order valence-electron chi connectivity index (χ0n) is 9.70. The first kappa shape index (κ1) is 12.5. The molecule has 1 aliphatic heterocycles. The van der Waals surface area contributed by atoms with Gasteiger partial charge in [0.25, 0.3) is 0 Å². The van der Waals surface area contributed by atoms with Crippen molar-refractivity contribution in [1.29, 1.82) is 0 Å². The van der Waals surface area contributed by atoms with E-state index in [1.165, 1.54) is 7.11 Å². The number of rotatable bonds is 6. The molecule has 15 heavy (non-hydrogen) atoms. The Hall–Kier alpha value is -0.610. The lowest BCUT2D eigenvalue weighted by molar-refractivity contribution is -0.146. The third kappa shape index (κ3) is 3.80. The van der Waals surface area contributed by atoms with E-state index in [4.69, 9.17) is 9.47 Å². The smallest absolute Gasteiger partial charge is 0.323 e. The molecule has 1 unspecified atom stereocenters. The van der Waals surface area contributed by atoms with Crippen molar-refractivity contribution >= 4 is 5.97 Å². The molecule has 0 radical (unpaired) electrons. The van der Waals surface area contributed by atoms with Crippen LogP contribution in [0, 0.1) is 0 Å². The summed E-state index contributed by atoms with van der Waals surface area (Å²) in [6, 6.07) is -0.0415. The standard InChI is InChI=1S/C11H21NO3/c1-3-8-15-9-7-12-6-4-5-10(12)11(13)14-2/h10H,3-9H2,1-2H3. The number of carbonyl (C=O) groups excluding carboxylic acids is 1. The molecule has 0 spiro atoms. The fourth-order valence-electron chi connectivity index (χ4n) is 1.92. The summed E-state index contributed by atoms with van der Waals surface area (Å²) in [6.45, 7) is 5.42. The van der Waals surface area contributed by atoms with E-state index in [9.17, 15) is 4.79 Å². The Kier molecular flexibility index (Phi) is 5.65. The van der Waals surface area contributed by atoms with E-state index in [2.05, 4.69) is 11.8 Å². The van der Waals surface area contributed by atoms with Crippen molar-refractivity contribution in [3.63, 3.8) is 0 Å². The van der Waals surface area contributed by atoms with E-state index in [1.54, 1.807) is 0 Å². The fourth-order valence-corrected chi connectivity index (χ4v) is 1.92. The summed E-state index contributed by atoms with van der Waals surface area (Å²) in [5, 5.41) is 0. The van der Waals surface area contributed by atoms with Gasteiger partial charge in [0, 0.05) is 13.2 Å². The largest absolute Gasteiger partial charge is 0.468 e. The lowest BCUT2D eigenvalue weighted by Gasteiger charge is -2.21. The number of hydrogen-bond donors (Lipinski definition) is 0. The van der Waals surface area contributed by atoms with Gasteiger partial charge in [0.15, 0.2) is 0 Å². The number of carbonyl (C=O) groups is 1. The van der Waals surface area contributed by atoms with Crippen molar-refractivity contribution in [1.82, 2.24) is 4.90 Å². The summed E-state index contributed by atoms with van der Waals surface area (Å²) in [6.07, 6.45) is 3.04. The molecule has 1 rings (SSSR count). The van der Waals surface area contributed by atoms with Crippen LogP contribution in [-0.2, 0) is 14.3 Å². The van der Waals surface area contributed by atoms with Crippen molar-refractivity contribution in [2.45, 2.75) is 32.2 Å². The predicted molar refractivity (Wildman–Crippen MR) is 57.7 cm³/mol. The summed E-state index contributed by atoms with van der Waals surface area (Å²) in [4.78, 5) is 13.6. The van der Waals surface area contributed by atoms with Gasteiger partial charge in [0.05, 0.1) is 13.7 Å². The topological polar surface area (TPSA) is 38.8 Å². The highest BCUT2D eigenvalue weighted by Crippen LogP contribution is 2.17. The van der Waals surface area contributed by atoms with Crippen molar-refractivity contribution in [3.05, 3.63) is 0 Å². The Morgan fingerprint density at radius 2 is 2.27 bits per heavy atom. The molecule has 1 fully saturated rings. The highest BCUT2D eigenvalue weighted by Gasteiger charge is 2.30. The zero-order valence-corrected chi connectivity index (χ0v) is 9.70. The minimum Gasteiger partial charge on any atom is -0.468 e. The monoisotopic (exact) mass is 215 g/mol.